The number of hydrogen-bond donors (Lipinski definition) is 12. The van der Waals surface area contributed by atoms with Crippen LogP contribution in [-0.2, 0) is 62.4 Å². The minimum atomic E-state index is -1.56. The van der Waals surface area contributed by atoms with Gasteiger partial charge in [0.05, 0.1) is 6.04 Å². The first kappa shape index (κ1) is 64.2. The summed E-state index contributed by atoms with van der Waals surface area (Å²) in [7, 11) is 0. The summed E-state index contributed by atoms with van der Waals surface area (Å²) in [6.45, 7) is 1.38. The lowest BCUT2D eigenvalue weighted by Gasteiger charge is -2.27. The molecule has 0 bridgehead atoms. The van der Waals surface area contributed by atoms with Crippen LogP contribution in [0.3, 0.4) is 0 Å². The quantitative estimate of drug-likeness (QED) is 0.0355. The highest BCUT2D eigenvalue weighted by atomic mass is 35.5. The van der Waals surface area contributed by atoms with Crippen LogP contribution in [0.5, 0.6) is 0 Å². The molecule has 5 rings (SSSR count). The molecule has 7 amide bonds. The van der Waals surface area contributed by atoms with Crippen LogP contribution in [-0.4, -0.2) is 119 Å². The van der Waals surface area contributed by atoms with Gasteiger partial charge in [-0.25, -0.2) is 0 Å². The van der Waals surface area contributed by atoms with Gasteiger partial charge >= 0.3 is 0 Å². The predicted octanol–water partition coefficient (Wildman–Crippen LogP) is 1.06. The van der Waals surface area contributed by atoms with Gasteiger partial charge in [-0.05, 0) is 92.3 Å². The number of primary amides is 2. The molecule has 1 aliphatic heterocycles. The number of amides is 7. The maximum Gasteiger partial charge on any atom is 0.248 e. The molecule has 0 aliphatic carbocycles. The minimum absolute atomic E-state index is 0.0242. The third-order valence-electron chi connectivity index (χ3n) is 14.1. The van der Waals surface area contributed by atoms with Crippen LogP contribution in [0.4, 0.5) is 0 Å². The maximum absolute atomic E-state index is 15.1. The molecule has 440 valence electrons. The summed E-state index contributed by atoms with van der Waals surface area (Å²) >= 11 is 6.67. The number of carbonyl (C=O) groups excluding carboxylic acids is 10. The summed E-state index contributed by atoms with van der Waals surface area (Å²) in [6, 6.07) is 13.0. The van der Waals surface area contributed by atoms with Crippen molar-refractivity contribution in [1.29, 1.82) is 0 Å². The first-order valence-electron chi connectivity index (χ1n) is 27.2. The topological polar surface area (TPSA) is 427 Å². The number of guanidine groups is 2. The number of H-pyrrole nitrogens is 1. The molecule has 82 heavy (non-hydrogen) atoms. The molecule has 4 aromatic rings. The van der Waals surface area contributed by atoms with Crippen LogP contribution in [0.25, 0.3) is 10.9 Å². The van der Waals surface area contributed by atoms with E-state index >= 15 is 9.59 Å². The fourth-order valence-corrected chi connectivity index (χ4v) is 9.96. The number of halogens is 1. The van der Waals surface area contributed by atoms with Gasteiger partial charge in [0.1, 0.15) is 35.7 Å². The van der Waals surface area contributed by atoms with Crippen molar-refractivity contribution in [3.05, 3.63) is 106 Å². The Hall–Kier alpha value is -8.67. The number of nitrogens with zero attached hydrogens (tertiary/aromatic N) is 2. The molecule has 2 heterocycles. The molecule has 18 N–H and O–H groups in total. The third-order valence-corrected chi connectivity index (χ3v) is 14.5. The van der Waals surface area contributed by atoms with E-state index in [9.17, 15) is 38.4 Å². The van der Waals surface area contributed by atoms with Crippen molar-refractivity contribution in [3.8, 4) is 0 Å². The van der Waals surface area contributed by atoms with Gasteiger partial charge in [-0.15, -0.1) is 0 Å². The normalized spacial score (nSPS) is 20.5. The SMILES string of the molecule is CC(=O)N[C@@H](CCCN=C(N)N)C(=O)N[C@H]1CCC(=O)CCCC[C@@H](C(N)=O)NC(=O)[C@H](Cc2c[nH]c3ccccc23)CC(=O)[C@H](CCCN=C(N)N)CC(=O)[C@@H](Cc2ccccc2Cl)NC(=O)[C@H](Cc2cccc(C(N)=O)c2)NC1=O. The summed E-state index contributed by atoms with van der Waals surface area (Å²) in [5.41, 5.74) is 36.0. The van der Waals surface area contributed by atoms with Gasteiger partial charge in [-0.3, -0.25) is 57.9 Å². The molecular formula is C57H75ClN14O10. The smallest absolute Gasteiger partial charge is 0.248 e. The fraction of sp³-hybridized carbons (Fsp3) is 0.439. The van der Waals surface area contributed by atoms with Gasteiger partial charge in [-0.1, -0.05) is 66.6 Å². The molecule has 1 aliphatic rings. The lowest BCUT2D eigenvalue weighted by Crippen LogP contribution is -2.58. The number of aromatic nitrogens is 1. The number of carbonyl (C=O) groups is 10. The van der Waals surface area contributed by atoms with E-state index in [1.54, 1.807) is 36.5 Å². The minimum Gasteiger partial charge on any atom is -0.370 e. The molecule has 0 unspecified atom stereocenters. The number of rotatable bonds is 19. The summed E-state index contributed by atoms with van der Waals surface area (Å²) in [5.74, 6) is -9.53. The molecule has 1 aromatic heterocycles. The monoisotopic (exact) mass is 1150 g/mol. The number of Topliss-reactive ketones (excluding diaryl/α,β-unsaturated/α-hetero) is 3. The Morgan fingerprint density at radius 1 is 0.683 bits per heavy atom. The third kappa shape index (κ3) is 20.8. The highest BCUT2D eigenvalue weighted by Gasteiger charge is 2.36. The summed E-state index contributed by atoms with van der Waals surface area (Å²) in [6.07, 6.45) is 0.770. The zero-order valence-corrected chi connectivity index (χ0v) is 46.6. The molecule has 25 heteroatoms. The van der Waals surface area contributed by atoms with Gasteiger partial charge in [-0.2, -0.15) is 0 Å². The van der Waals surface area contributed by atoms with Crippen molar-refractivity contribution in [2.24, 2.45) is 56.2 Å². The maximum atomic E-state index is 15.1. The zero-order valence-electron chi connectivity index (χ0n) is 45.9. The van der Waals surface area contributed by atoms with E-state index in [1.807, 2.05) is 24.3 Å². The van der Waals surface area contributed by atoms with Gasteiger partial charge in [0, 0.05) is 98.1 Å². The van der Waals surface area contributed by atoms with E-state index in [2.05, 4.69) is 41.6 Å². The Bertz CT molecular complexity index is 3010. The van der Waals surface area contributed by atoms with Crippen molar-refractivity contribution in [1.82, 2.24) is 31.6 Å². The van der Waals surface area contributed by atoms with E-state index in [4.69, 9.17) is 46.0 Å². The van der Waals surface area contributed by atoms with Gasteiger partial charge in [0.2, 0.25) is 41.4 Å². The number of fused-ring (bicyclic) bond motifs is 1. The molecule has 1 saturated heterocycles. The summed E-state index contributed by atoms with van der Waals surface area (Å²) < 4.78 is 0. The van der Waals surface area contributed by atoms with Crippen molar-refractivity contribution < 1.29 is 47.9 Å². The molecular weight excluding hydrogens is 1080 g/mol. The van der Waals surface area contributed by atoms with Crippen molar-refractivity contribution in [2.45, 2.75) is 133 Å². The van der Waals surface area contributed by atoms with E-state index in [0.29, 0.717) is 16.7 Å². The Balaban J connectivity index is 1.61. The lowest BCUT2D eigenvalue weighted by molar-refractivity contribution is -0.135. The number of aliphatic imine (C=N–C) groups is 2. The number of aromatic amines is 1. The summed E-state index contributed by atoms with van der Waals surface area (Å²) in [5, 5.41) is 14.5. The average Bonchev–Trinajstić information content (AvgIpc) is 3.83. The van der Waals surface area contributed by atoms with Gasteiger partial charge < -0.3 is 66.0 Å². The second-order valence-electron chi connectivity index (χ2n) is 20.5. The Morgan fingerprint density at radius 3 is 2.06 bits per heavy atom. The number of ketones is 3. The number of benzene rings is 3. The zero-order chi connectivity index (χ0) is 59.9. The van der Waals surface area contributed by atoms with Crippen LogP contribution in [0.15, 0.2) is 89.0 Å². The van der Waals surface area contributed by atoms with Crippen LogP contribution in [0, 0.1) is 11.8 Å². The number of nitrogens with one attached hydrogen (secondary N) is 6. The van der Waals surface area contributed by atoms with Gasteiger partial charge in [0.15, 0.2) is 17.7 Å². The number of nitrogens with two attached hydrogens (primary N) is 6. The molecule has 0 spiro atoms. The standard InChI is InChI=1S/C57H75ClN14O10/c1-32(73)68-44(20-10-24-66-57(63)64)53(80)70-45-22-21-39(74)15-3-6-19-43(51(60)78)69-52(79)37(27-38-31-67-42-18-7-4-16-40(38)42)30-48(75)35(14-9-23-65-56(61)62)29-49(76)46(28-34-12-2-5-17-41(34)58)71-55(82)47(72-54(45)81)26-33-11-8-13-36(25-33)50(59)77/h2,4-5,7-8,11-13,16-18,25,31,35,37,43-47,67H,3,6,9-10,14-15,19-24,26-30H2,1H3,(H2,59,77)(H2,60,78)(H,68,73)(H,69,79)(H,70,80)(H,71,82)(H,72,81)(H4,61,62,65)(H4,63,64,66)/t35-,37-,43+,44+,45+,46-,47+/m1/s1. The van der Waals surface area contributed by atoms with E-state index in [0.717, 1.165) is 10.9 Å². The molecule has 0 radical (unpaired) electrons. The molecule has 7 atom stereocenters. The van der Waals surface area contributed by atoms with Crippen molar-refractivity contribution >= 4 is 93.1 Å². The first-order chi connectivity index (χ1) is 39.1. The summed E-state index contributed by atoms with van der Waals surface area (Å²) in [4.78, 5) is 151. The van der Waals surface area contributed by atoms with E-state index in [1.165, 1.54) is 25.1 Å². The number of hydrogen-bond acceptors (Lipinski definition) is 12. The molecule has 3 aromatic carbocycles. The fourth-order valence-electron chi connectivity index (χ4n) is 9.75. The molecule has 0 saturated carbocycles. The van der Waals surface area contributed by atoms with Crippen molar-refractivity contribution in [2.75, 3.05) is 13.1 Å². The van der Waals surface area contributed by atoms with Crippen LogP contribution in [0.2, 0.25) is 5.02 Å². The highest BCUT2D eigenvalue weighted by molar-refractivity contribution is 6.31. The van der Waals surface area contributed by atoms with E-state index < -0.39 is 108 Å². The van der Waals surface area contributed by atoms with Crippen LogP contribution >= 0.6 is 11.6 Å². The van der Waals surface area contributed by atoms with Crippen LogP contribution in [0.1, 0.15) is 111 Å². The Kier molecular flexibility index (Phi) is 25.0. The van der Waals surface area contributed by atoms with Gasteiger partial charge in [0.25, 0.3) is 0 Å². The first-order valence-corrected chi connectivity index (χ1v) is 27.6. The second kappa shape index (κ2) is 31.9. The molecule has 24 nitrogen and oxygen atoms in total. The van der Waals surface area contributed by atoms with Crippen LogP contribution < -0.4 is 61.0 Å². The van der Waals surface area contributed by atoms with Crippen molar-refractivity contribution in [3.63, 3.8) is 0 Å². The molecule has 1 fully saturated rings. The predicted molar refractivity (Wildman–Crippen MR) is 309 cm³/mol. The lowest BCUT2D eigenvalue weighted by atomic mass is 9.83. The Morgan fingerprint density at radius 2 is 1.37 bits per heavy atom. The second-order valence-corrected chi connectivity index (χ2v) is 20.9. The largest absolute Gasteiger partial charge is 0.370 e. The number of para-hydroxylation sites is 1. The Labute approximate surface area is 479 Å². The highest BCUT2D eigenvalue weighted by Crippen LogP contribution is 2.27. The van der Waals surface area contributed by atoms with E-state index in [-0.39, 0.29) is 125 Å². The average molecular weight is 1150 g/mol.